The lowest BCUT2D eigenvalue weighted by molar-refractivity contribution is 0.0875. The summed E-state index contributed by atoms with van der Waals surface area (Å²) in [6.07, 6.45) is 5.32. The van der Waals surface area contributed by atoms with Crippen molar-refractivity contribution >= 4 is 11.8 Å². The first kappa shape index (κ1) is 24.7. The van der Waals surface area contributed by atoms with Crippen LogP contribution in [0.15, 0.2) is 17.8 Å². The van der Waals surface area contributed by atoms with Crippen LogP contribution in [0.5, 0.6) is 5.75 Å². The fourth-order valence-electron chi connectivity index (χ4n) is 3.57. The molecule has 1 aliphatic rings. The molecule has 0 aliphatic heterocycles. The Kier molecular flexibility index (Phi) is 8.50. The van der Waals surface area contributed by atoms with Gasteiger partial charge in [0.1, 0.15) is 18.0 Å². The first-order chi connectivity index (χ1) is 14.5. The van der Waals surface area contributed by atoms with E-state index in [-0.39, 0.29) is 19.3 Å². The Morgan fingerprint density at radius 3 is 2.45 bits per heavy atom. The smallest absolute Gasteiger partial charge is 0.409 e. The summed E-state index contributed by atoms with van der Waals surface area (Å²) in [6.45, 7) is 4.39. The van der Waals surface area contributed by atoms with Gasteiger partial charge in [-0.15, -0.1) is 0 Å². The zero-order chi connectivity index (χ0) is 23.2. The number of ether oxygens (including phenoxy) is 2. The Morgan fingerprint density at radius 2 is 1.90 bits per heavy atom. The molecule has 4 N–H and O–H groups in total. The molecule has 1 saturated carbocycles. The van der Waals surface area contributed by atoms with Crippen molar-refractivity contribution in [1.29, 1.82) is 0 Å². The number of alkyl halides is 1. The van der Waals surface area contributed by atoms with Gasteiger partial charge in [-0.1, -0.05) is 6.42 Å². The maximum absolute atomic E-state index is 13.8. The van der Waals surface area contributed by atoms with Gasteiger partial charge in [0, 0.05) is 14.1 Å². The number of amides is 1. The molecule has 0 atom stereocenters. The molecule has 0 aromatic carbocycles. The van der Waals surface area contributed by atoms with E-state index in [1.54, 1.807) is 13.1 Å². The van der Waals surface area contributed by atoms with Crippen molar-refractivity contribution in [1.82, 2.24) is 14.9 Å². The summed E-state index contributed by atoms with van der Waals surface area (Å²) in [4.78, 5) is 17.9. The highest BCUT2D eigenvalue weighted by Crippen LogP contribution is 2.26. The summed E-state index contributed by atoms with van der Waals surface area (Å²) in [5.41, 5.74) is 6.68. The molecule has 0 unspecified atom stereocenters. The van der Waals surface area contributed by atoms with Crippen LogP contribution in [0, 0.1) is 6.92 Å². The molecule has 0 saturated heterocycles. The van der Waals surface area contributed by atoms with Crippen LogP contribution < -0.4 is 16.3 Å². The zero-order valence-electron chi connectivity index (χ0n) is 19.3. The summed E-state index contributed by atoms with van der Waals surface area (Å²) in [5, 5.41) is 1.28. The Hall–Kier alpha value is -2.55. The molecular weight excluding hydrogens is 401 g/mol. The molecule has 1 aliphatic carbocycles. The predicted molar refractivity (Wildman–Crippen MR) is 119 cm³/mol. The molecule has 8 nitrogen and oxygen atoms in total. The zero-order valence-corrected chi connectivity index (χ0v) is 19.3. The van der Waals surface area contributed by atoms with Crippen molar-refractivity contribution in [3.05, 3.63) is 29.2 Å². The Balaban J connectivity index is 2.11. The third-order valence-electron chi connectivity index (χ3n) is 5.15. The summed E-state index contributed by atoms with van der Waals surface area (Å²) in [5.74, 6) is 6.65. The number of pyridine rings is 1. The van der Waals surface area contributed by atoms with Crippen LogP contribution in [0.3, 0.4) is 0 Å². The van der Waals surface area contributed by atoms with Crippen molar-refractivity contribution in [2.75, 3.05) is 27.2 Å². The quantitative estimate of drug-likeness (QED) is 0.474. The number of hydrazine groups is 1. The van der Waals surface area contributed by atoms with Gasteiger partial charge in [-0.2, -0.15) is 0 Å². The summed E-state index contributed by atoms with van der Waals surface area (Å²) in [6, 6.07) is 3.62. The molecule has 9 heteroatoms. The normalized spacial score (nSPS) is 15.8. The molecular formula is C22H36FN5O3. The Morgan fingerprint density at radius 1 is 1.26 bits per heavy atom. The minimum atomic E-state index is -1.53. The second-order valence-corrected chi connectivity index (χ2v) is 8.76. The molecule has 0 radical (unpaired) electrons. The van der Waals surface area contributed by atoms with Crippen LogP contribution in [-0.4, -0.2) is 60.0 Å². The number of hydrogen-bond donors (Lipinski definition) is 2. The minimum Gasteiger partial charge on any atom is -0.489 e. The van der Waals surface area contributed by atoms with Crippen molar-refractivity contribution in [2.45, 2.75) is 64.6 Å². The van der Waals surface area contributed by atoms with Crippen LogP contribution >= 0.6 is 0 Å². The van der Waals surface area contributed by atoms with Gasteiger partial charge in [-0.25, -0.2) is 20.0 Å². The lowest BCUT2D eigenvalue weighted by Crippen LogP contribution is -2.39. The molecule has 0 spiro atoms. The SMILES string of the molecule is Cc1nc(/C(N)=C(\COC(=O)N(C)CC(C)(C)F)N(C)N)ccc1OC1CCCCC1. The molecule has 0 bridgehead atoms. The predicted octanol–water partition coefficient (Wildman–Crippen LogP) is 3.35. The third-order valence-corrected chi connectivity index (χ3v) is 5.15. The van der Waals surface area contributed by atoms with Gasteiger partial charge >= 0.3 is 6.09 Å². The standard InChI is InChI=1S/C22H36FN5O3/c1-15-19(31-16-9-7-6-8-10-16)12-11-17(26-15)20(24)18(28(5)25)13-30-21(29)27(4)14-22(2,3)23/h11-12,16H,6-10,13-14,24-25H2,1-5H3/b20-18-. The highest BCUT2D eigenvalue weighted by molar-refractivity contribution is 5.68. The lowest BCUT2D eigenvalue weighted by atomic mass is 9.98. The van der Waals surface area contributed by atoms with Gasteiger partial charge in [0.2, 0.25) is 0 Å². The fourth-order valence-corrected chi connectivity index (χ4v) is 3.57. The van der Waals surface area contributed by atoms with E-state index < -0.39 is 11.8 Å². The van der Waals surface area contributed by atoms with Gasteiger partial charge in [0.25, 0.3) is 0 Å². The van der Waals surface area contributed by atoms with Crippen molar-refractivity contribution in [3.8, 4) is 5.75 Å². The lowest BCUT2D eigenvalue weighted by Gasteiger charge is -2.25. The number of likely N-dealkylation sites (N-methyl/N-ethyl adjacent to an activating group) is 1. The Labute approximate surface area is 184 Å². The summed E-state index contributed by atoms with van der Waals surface area (Å²) < 4.78 is 25.2. The van der Waals surface area contributed by atoms with Gasteiger partial charge in [-0.3, -0.25) is 0 Å². The average Bonchev–Trinajstić information content (AvgIpc) is 2.68. The highest BCUT2D eigenvalue weighted by Gasteiger charge is 2.23. The molecule has 31 heavy (non-hydrogen) atoms. The van der Waals surface area contributed by atoms with Crippen LogP contribution in [0.4, 0.5) is 9.18 Å². The number of aryl methyl sites for hydroxylation is 1. The number of aromatic nitrogens is 1. The van der Waals surface area contributed by atoms with E-state index >= 15 is 0 Å². The van der Waals surface area contributed by atoms with Gasteiger partial charge in [0.05, 0.1) is 35.4 Å². The largest absolute Gasteiger partial charge is 0.489 e. The second kappa shape index (κ2) is 10.7. The number of halogens is 1. The minimum absolute atomic E-state index is 0.0952. The number of rotatable bonds is 8. The molecule has 1 fully saturated rings. The summed E-state index contributed by atoms with van der Waals surface area (Å²) >= 11 is 0. The monoisotopic (exact) mass is 437 g/mol. The van der Waals surface area contributed by atoms with Crippen LogP contribution in [0.25, 0.3) is 5.70 Å². The molecule has 1 heterocycles. The van der Waals surface area contributed by atoms with Crippen LogP contribution in [0.1, 0.15) is 57.3 Å². The van der Waals surface area contributed by atoms with Crippen molar-refractivity contribution in [2.24, 2.45) is 11.6 Å². The van der Waals surface area contributed by atoms with E-state index in [4.69, 9.17) is 21.1 Å². The van der Waals surface area contributed by atoms with Crippen molar-refractivity contribution < 1.29 is 18.7 Å². The number of carbonyl (C=O) groups excluding carboxylic acids is 1. The number of carbonyl (C=O) groups is 1. The maximum atomic E-state index is 13.8. The van der Waals surface area contributed by atoms with E-state index in [0.717, 1.165) is 24.3 Å². The number of hydrogen-bond acceptors (Lipinski definition) is 7. The molecule has 1 amide bonds. The molecule has 2 rings (SSSR count). The van der Waals surface area contributed by atoms with Gasteiger partial charge < -0.3 is 25.1 Å². The average molecular weight is 438 g/mol. The molecule has 174 valence electrons. The Bertz CT molecular complexity index is 786. The van der Waals surface area contributed by atoms with Crippen molar-refractivity contribution in [3.63, 3.8) is 0 Å². The highest BCUT2D eigenvalue weighted by atomic mass is 19.1. The maximum Gasteiger partial charge on any atom is 0.409 e. The van der Waals surface area contributed by atoms with E-state index in [2.05, 4.69) is 4.98 Å². The van der Waals surface area contributed by atoms with E-state index in [1.807, 2.05) is 13.0 Å². The third kappa shape index (κ3) is 7.57. The van der Waals surface area contributed by atoms with E-state index in [9.17, 15) is 9.18 Å². The fraction of sp³-hybridized carbons (Fsp3) is 0.636. The first-order valence-electron chi connectivity index (χ1n) is 10.7. The van der Waals surface area contributed by atoms with Crippen LogP contribution in [-0.2, 0) is 4.74 Å². The van der Waals surface area contributed by atoms with Gasteiger partial charge in [-0.05, 0) is 58.6 Å². The molecule has 1 aromatic rings. The van der Waals surface area contributed by atoms with Gasteiger partial charge in [0.15, 0.2) is 0 Å². The summed E-state index contributed by atoms with van der Waals surface area (Å²) in [7, 11) is 3.07. The first-order valence-corrected chi connectivity index (χ1v) is 10.7. The number of nitrogens with two attached hydrogens (primary N) is 2. The topological polar surface area (TPSA) is 107 Å². The van der Waals surface area contributed by atoms with Crippen LogP contribution in [0.2, 0.25) is 0 Å². The molecule has 1 aromatic heterocycles. The second-order valence-electron chi connectivity index (χ2n) is 8.76. The van der Waals surface area contributed by atoms with E-state index in [1.165, 1.54) is 50.1 Å². The number of nitrogens with zero attached hydrogens (tertiary/aromatic N) is 3. The van der Waals surface area contributed by atoms with E-state index in [0.29, 0.717) is 17.1 Å².